The summed E-state index contributed by atoms with van der Waals surface area (Å²) in [7, 11) is 1.63. The van der Waals surface area contributed by atoms with Gasteiger partial charge in [0.1, 0.15) is 5.75 Å². The van der Waals surface area contributed by atoms with E-state index in [2.05, 4.69) is 35.4 Å². The summed E-state index contributed by atoms with van der Waals surface area (Å²) in [5.41, 5.74) is 4.87. The number of ketones is 1. The van der Waals surface area contributed by atoms with Crippen molar-refractivity contribution in [1.29, 1.82) is 0 Å². The molecule has 0 amide bonds. The number of methoxy groups -OCH3 is 1. The number of hydrogen-bond acceptors (Lipinski definition) is 4. The van der Waals surface area contributed by atoms with Crippen molar-refractivity contribution in [2.24, 2.45) is 0 Å². The highest BCUT2D eigenvalue weighted by Crippen LogP contribution is 2.30. The monoisotopic (exact) mass is 392 g/mol. The van der Waals surface area contributed by atoms with E-state index in [0.29, 0.717) is 5.56 Å². The Morgan fingerprint density at radius 1 is 1.03 bits per heavy atom. The SMILES string of the molecule is COc1ccc(C(=O)c2c(C)n(CCN3CCOCC3)c3c(C)cccc23)cc1. The van der Waals surface area contributed by atoms with Crippen LogP contribution < -0.4 is 4.74 Å². The van der Waals surface area contributed by atoms with Crippen molar-refractivity contribution in [3.63, 3.8) is 0 Å². The Bertz CT molecular complexity index is 1010. The number of fused-ring (bicyclic) bond motifs is 1. The minimum absolute atomic E-state index is 0.0610. The molecule has 1 aliphatic heterocycles. The highest BCUT2D eigenvalue weighted by atomic mass is 16.5. The lowest BCUT2D eigenvalue weighted by molar-refractivity contribution is 0.0365. The van der Waals surface area contributed by atoms with Crippen LogP contribution in [0.15, 0.2) is 42.5 Å². The molecule has 152 valence electrons. The number of benzene rings is 2. The van der Waals surface area contributed by atoms with Crippen LogP contribution in [0.25, 0.3) is 10.9 Å². The molecule has 0 radical (unpaired) electrons. The Kier molecular flexibility index (Phi) is 5.69. The summed E-state index contributed by atoms with van der Waals surface area (Å²) in [5, 5.41) is 1.03. The third kappa shape index (κ3) is 3.80. The normalized spacial score (nSPS) is 15.0. The minimum Gasteiger partial charge on any atom is -0.497 e. The second-order valence-electron chi connectivity index (χ2n) is 7.59. The van der Waals surface area contributed by atoms with Crippen molar-refractivity contribution in [3.05, 3.63) is 64.8 Å². The molecule has 0 bridgehead atoms. The largest absolute Gasteiger partial charge is 0.497 e. The summed E-state index contributed by atoms with van der Waals surface area (Å²) < 4.78 is 13.0. The average molecular weight is 392 g/mol. The van der Waals surface area contributed by atoms with Gasteiger partial charge in [-0.25, -0.2) is 0 Å². The zero-order chi connectivity index (χ0) is 20.4. The highest BCUT2D eigenvalue weighted by molar-refractivity contribution is 6.17. The maximum atomic E-state index is 13.4. The lowest BCUT2D eigenvalue weighted by Gasteiger charge is -2.27. The first-order chi connectivity index (χ1) is 14.1. The van der Waals surface area contributed by atoms with Crippen LogP contribution in [0.2, 0.25) is 0 Å². The van der Waals surface area contributed by atoms with E-state index in [-0.39, 0.29) is 5.78 Å². The predicted octanol–water partition coefficient (Wildman–Crippen LogP) is 3.83. The zero-order valence-electron chi connectivity index (χ0n) is 17.4. The van der Waals surface area contributed by atoms with Crippen molar-refractivity contribution < 1.29 is 14.3 Å². The quantitative estimate of drug-likeness (QED) is 0.598. The first-order valence-corrected chi connectivity index (χ1v) is 10.2. The van der Waals surface area contributed by atoms with Crippen LogP contribution in [-0.2, 0) is 11.3 Å². The maximum absolute atomic E-state index is 13.4. The molecule has 4 rings (SSSR count). The van der Waals surface area contributed by atoms with E-state index in [1.807, 2.05) is 30.3 Å². The van der Waals surface area contributed by atoms with Crippen LogP contribution >= 0.6 is 0 Å². The van der Waals surface area contributed by atoms with E-state index < -0.39 is 0 Å². The van der Waals surface area contributed by atoms with Crippen LogP contribution in [0, 0.1) is 13.8 Å². The van der Waals surface area contributed by atoms with Crippen molar-refractivity contribution >= 4 is 16.7 Å². The van der Waals surface area contributed by atoms with Gasteiger partial charge in [-0.05, 0) is 43.7 Å². The molecule has 0 saturated carbocycles. The van der Waals surface area contributed by atoms with Crippen LogP contribution in [0.1, 0.15) is 27.2 Å². The fraction of sp³-hybridized carbons (Fsp3) is 0.375. The number of rotatable bonds is 6. The molecule has 0 N–H and O–H groups in total. The molecule has 1 aliphatic rings. The fourth-order valence-corrected chi connectivity index (χ4v) is 4.24. The summed E-state index contributed by atoms with van der Waals surface area (Å²) in [5.74, 6) is 0.813. The van der Waals surface area contributed by atoms with E-state index in [1.165, 1.54) is 5.56 Å². The molecule has 0 spiro atoms. The summed E-state index contributed by atoms with van der Waals surface area (Å²) in [6.45, 7) is 9.53. The number of aryl methyl sites for hydroxylation is 1. The van der Waals surface area contributed by atoms with Crippen LogP contribution in [0.4, 0.5) is 0 Å². The highest BCUT2D eigenvalue weighted by Gasteiger charge is 2.22. The molecule has 1 fully saturated rings. The topological polar surface area (TPSA) is 43.7 Å². The molecule has 5 nitrogen and oxygen atoms in total. The van der Waals surface area contributed by atoms with Crippen molar-refractivity contribution in [2.45, 2.75) is 20.4 Å². The van der Waals surface area contributed by atoms with Crippen LogP contribution in [0.3, 0.4) is 0 Å². The third-order valence-corrected chi connectivity index (χ3v) is 5.87. The number of ether oxygens (including phenoxy) is 2. The third-order valence-electron chi connectivity index (χ3n) is 5.87. The molecular formula is C24H28N2O3. The molecule has 2 aromatic carbocycles. The molecule has 3 aromatic rings. The Hall–Kier alpha value is -2.63. The van der Waals surface area contributed by atoms with Crippen molar-refractivity contribution in [3.8, 4) is 5.75 Å². The first-order valence-electron chi connectivity index (χ1n) is 10.2. The number of hydrogen-bond donors (Lipinski definition) is 0. The Morgan fingerprint density at radius 3 is 2.45 bits per heavy atom. The first kappa shape index (κ1) is 19.7. The number of aromatic nitrogens is 1. The standard InChI is InChI=1S/C24H28N2O3/c1-17-5-4-6-21-22(24(27)19-7-9-20(28-3)10-8-19)18(2)26(23(17)21)12-11-25-13-15-29-16-14-25/h4-10H,11-16H2,1-3H3. The van der Waals surface area contributed by atoms with Gasteiger partial charge in [0.15, 0.2) is 5.78 Å². The zero-order valence-corrected chi connectivity index (χ0v) is 17.4. The molecule has 0 unspecified atom stereocenters. The van der Waals surface area contributed by atoms with Gasteiger partial charge in [0.2, 0.25) is 0 Å². The summed E-state index contributed by atoms with van der Waals surface area (Å²) in [4.78, 5) is 15.9. The summed E-state index contributed by atoms with van der Waals surface area (Å²) in [6, 6.07) is 13.6. The average Bonchev–Trinajstić information content (AvgIpc) is 3.05. The second kappa shape index (κ2) is 8.39. The number of carbonyl (C=O) groups is 1. The van der Waals surface area contributed by atoms with E-state index in [0.717, 1.165) is 67.3 Å². The predicted molar refractivity (Wildman–Crippen MR) is 115 cm³/mol. The Labute approximate surface area is 171 Å². The van der Waals surface area contributed by atoms with E-state index >= 15 is 0 Å². The Balaban J connectivity index is 1.72. The van der Waals surface area contributed by atoms with E-state index in [1.54, 1.807) is 7.11 Å². The molecule has 29 heavy (non-hydrogen) atoms. The number of para-hydroxylation sites is 1. The molecule has 2 heterocycles. The number of carbonyl (C=O) groups excluding carboxylic acids is 1. The molecule has 0 atom stereocenters. The summed E-state index contributed by atoms with van der Waals surface area (Å²) in [6.07, 6.45) is 0. The van der Waals surface area contributed by atoms with Gasteiger partial charge in [0, 0.05) is 42.8 Å². The van der Waals surface area contributed by atoms with Crippen LogP contribution in [0.5, 0.6) is 5.75 Å². The van der Waals surface area contributed by atoms with Gasteiger partial charge >= 0.3 is 0 Å². The van der Waals surface area contributed by atoms with Gasteiger partial charge in [-0.15, -0.1) is 0 Å². The molecule has 1 saturated heterocycles. The fourth-order valence-electron chi connectivity index (χ4n) is 4.24. The van der Waals surface area contributed by atoms with Crippen molar-refractivity contribution in [1.82, 2.24) is 9.47 Å². The van der Waals surface area contributed by atoms with Gasteiger partial charge in [0.25, 0.3) is 0 Å². The molecule has 5 heteroatoms. The van der Waals surface area contributed by atoms with E-state index in [4.69, 9.17) is 9.47 Å². The number of morpholine rings is 1. The molecule has 1 aromatic heterocycles. The molecule has 0 aliphatic carbocycles. The lowest BCUT2D eigenvalue weighted by Crippen LogP contribution is -2.38. The van der Waals surface area contributed by atoms with Crippen LogP contribution in [-0.4, -0.2) is 55.2 Å². The smallest absolute Gasteiger partial charge is 0.195 e. The van der Waals surface area contributed by atoms with Gasteiger partial charge in [-0.1, -0.05) is 18.2 Å². The maximum Gasteiger partial charge on any atom is 0.195 e. The van der Waals surface area contributed by atoms with E-state index in [9.17, 15) is 4.79 Å². The number of nitrogens with zero attached hydrogens (tertiary/aromatic N) is 2. The Morgan fingerprint density at radius 2 is 1.76 bits per heavy atom. The van der Waals surface area contributed by atoms with Gasteiger partial charge in [-0.3, -0.25) is 9.69 Å². The second-order valence-corrected chi connectivity index (χ2v) is 7.59. The lowest BCUT2D eigenvalue weighted by atomic mass is 9.99. The van der Waals surface area contributed by atoms with Gasteiger partial charge in [0.05, 0.1) is 31.4 Å². The summed E-state index contributed by atoms with van der Waals surface area (Å²) >= 11 is 0. The molecular weight excluding hydrogens is 364 g/mol. The van der Waals surface area contributed by atoms with Gasteiger partial charge < -0.3 is 14.0 Å². The van der Waals surface area contributed by atoms with Crippen molar-refractivity contribution in [2.75, 3.05) is 40.0 Å². The van der Waals surface area contributed by atoms with Gasteiger partial charge in [-0.2, -0.15) is 0 Å². The minimum atomic E-state index is 0.0610.